The van der Waals surface area contributed by atoms with Crippen molar-refractivity contribution in [3.63, 3.8) is 0 Å². The summed E-state index contributed by atoms with van der Waals surface area (Å²) in [4.78, 5) is 29.9. The summed E-state index contributed by atoms with van der Waals surface area (Å²) in [5.74, 6) is -0.465. The Kier molecular flexibility index (Phi) is 2.63. The summed E-state index contributed by atoms with van der Waals surface area (Å²) in [6.45, 7) is 2.14. The topological polar surface area (TPSA) is 50.3 Å². The molecule has 2 aromatic rings. The minimum absolute atomic E-state index is 0.233. The Balaban J connectivity index is 1.95. The monoisotopic (exact) mass is 252 g/mol. The summed E-state index contributed by atoms with van der Waals surface area (Å²) in [6.07, 6.45) is 1.70. The first-order valence-electron chi connectivity index (χ1n) is 6.04. The Morgan fingerprint density at radius 3 is 2.21 bits per heavy atom. The molecule has 0 atom stereocenters. The van der Waals surface area contributed by atoms with E-state index in [9.17, 15) is 9.59 Å². The second kappa shape index (κ2) is 4.31. The van der Waals surface area contributed by atoms with Crippen molar-refractivity contribution in [2.45, 2.75) is 13.5 Å². The van der Waals surface area contributed by atoms with Crippen LogP contribution in [-0.4, -0.2) is 21.7 Å². The van der Waals surface area contributed by atoms with Gasteiger partial charge in [0.25, 0.3) is 11.8 Å². The molecule has 1 aliphatic heterocycles. The van der Waals surface area contributed by atoms with E-state index in [1.54, 1.807) is 36.5 Å². The average Bonchev–Trinajstić information content (AvgIpc) is 2.67. The quantitative estimate of drug-likeness (QED) is 0.770. The molecule has 1 aliphatic rings. The second-order valence-electron chi connectivity index (χ2n) is 4.49. The van der Waals surface area contributed by atoms with Crippen molar-refractivity contribution in [1.29, 1.82) is 0 Å². The SMILES string of the molecule is Cc1ncccc1CN1C(=O)c2ccccc2C1=O. The number of fused-ring (bicyclic) bond motifs is 1. The number of rotatable bonds is 2. The number of benzene rings is 1. The molecular weight excluding hydrogens is 240 g/mol. The van der Waals surface area contributed by atoms with Crippen LogP contribution < -0.4 is 0 Å². The van der Waals surface area contributed by atoms with Crippen molar-refractivity contribution in [1.82, 2.24) is 9.88 Å². The summed E-state index contributed by atoms with van der Waals surface area (Å²) in [5.41, 5.74) is 2.68. The maximum atomic E-state index is 12.2. The molecule has 2 amide bonds. The zero-order valence-electron chi connectivity index (χ0n) is 10.5. The first kappa shape index (κ1) is 11.6. The fourth-order valence-electron chi connectivity index (χ4n) is 2.24. The molecule has 0 saturated carbocycles. The maximum Gasteiger partial charge on any atom is 0.261 e. The fourth-order valence-corrected chi connectivity index (χ4v) is 2.24. The average molecular weight is 252 g/mol. The summed E-state index contributed by atoms with van der Waals surface area (Å²) < 4.78 is 0. The highest BCUT2D eigenvalue weighted by atomic mass is 16.2. The predicted octanol–water partition coefficient (Wildman–Crippen LogP) is 2.19. The van der Waals surface area contributed by atoms with Crippen LogP contribution in [0.15, 0.2) is 42.6 Å². The molecule has 3 rings (SSSR count). The number of pyridine rings is 1. The van der Waals surface area contributed by atoms with Crippen LogP contribution in [0.3, 0.4) is 0 Å². The van der Waals surface area contributed by atoms with Gasteiger partial charge >= 0.3 is 0 Å². The predicted molar refractivity (Wildman–Crippen MR) is 69.6 cm³/mol. The molecule has 1 aromatic carbocycles. The van der Waals surface area contributed by atoms with Gasteiger partial charge in [-0.05, 0) is 30.7 Å². The van der Waals surface area contributed by atoms with Crippen LogP contribution >= 0.6 is 0 Å². The van der Waals surface area contributed by atoms with E-state index in [1.165, 1.54) is 4.90 Å². The van der Waals surface area contributed by atoms with Crippen LogP contribution in [0.4, 0.5) is 0 Å². The Morgan fingerprint density at radius 2 is 1.63 bits per heavy atom. The van der Waals surface area contributed by atoms with Gasteiger partial charge in [0.05, 0.1) is 17.7 Å². The van der Waals surface area contributed by atoms with Gasteiger partial charge in [-0.15, -0.1) is 0 Å². The molecular formula is C15H12N2O2. The van der Waals surface area contributed by atoms with Gasteiger partial charge in [0.1, 0.15) is 0 Å². The molecule has 2 heterocycles. The molecule has 19 heavy (non-hydrogen) atoms. The molecule has 94 valence electrons. The first-order valence-corrected chi connectivity index (χ1v) is 6.04. The normalized spacial score (nSPS) is 13.8. The molecule has 0 N–H and O–H groups in total. The van der Waals surface area contributed by atoms with Crippen molar-refractivity contribution in [3.8, 4) is 0 Å². The van der Waals surface area contributed by atoms with Gasteiger partial charge in [-0.1, -0.05) is 18.2 Å². The van der Waals surface area contributed by atoms with Crippen molar-refractivity contribution in [2.75, 3.05) is 0 Å². The standard InChI is InChI=1S/C15H12N2O2/c1-10-11(5-4-8-16-10)9-17-14(18)12-6-2-3-7-13(12)15(17)19/h2-8H,9H2,1H3. The molecule has 1 aromatic heterocycles. The summed E-state index contributed by atoms with van der Waals surface area (Å²) >= 11 is 0. The van der Waals surface area contributed by atoms with Crippen molar-refractivity contribution in [3.05, 3.63) is 65.0 Å². The molecule has 0 fully saturated rings. The lowest BCUT2D eigenvalue weighted by Gasteiger charge is -2.14. The molecule has 0 spiro atoms. The van der Waals surface area contributed by atoms with Crippen LogP contribution in [0, 0.1) is 6.92 Å². The third-order valence-corrected chi connectivity index (χ3v) is 3.32. The lowest BCUT2D eigenvalue weighted by atomic mass is 10.1. The summed E-state index contributed by atoms with van der Waals surface area (Å²) in [7, 11) is 0. The number of carbonyl (C=O) groups excluding carboxylic acids is 2. The highest BCUT2D eigenvalue weighted by Crippen LogP contribution is 2.24. The van der Waals surface area contributed by atoms with E-state index in [0.29, 0.717) is 11.1 Å². The van der Waals surface area contributed by atoms with E-state index in [2.05, 4.69) is 4.98 Å². The number of aryl methyl sites for hydroxylation is 1. The first-order chi connectivity index (χ1) is 9.18. The molecule has 0 unspecified atom stereocenters. The molecule has 0 radical (unpaired) electrons. The van der Waals surface area contributed by atoms with Crippen LogP contribution in [0.1, 0.15) is 32.0 Å². The largest absolute Gasteiger partial charge is 0.270 e. The summed E-state index contributed by atoms with van der Waals surface area (Å²) in [6, 6.07) is 10.6. The highest BCUT2D eigenvalue weighted by Gasteiger charge is 2.35. The third-order valence-electron chi connectivity index (χ3n) is 3.32. The molecule has 0 bridgehead atoms. The number of hydrogen-bond acceptors (Lipinski definition) is 3. The maximum absolute atomic E-state index is 12.2. The summed E-state index contributed by atoms with van der Waals surface area (Å²) in [5, 5.41) is 0. The molecule has 0 saturated heterocycles. The van der Waals surface area contributed by atoms with Gasteiger partial charge in [0.2, 0.25) is 0 Å². The van der Waals surface area contributed by atoms with Gasteiger partial charge in [-0.3, -0.25) is 19.5 Å². The molecule has 4 heteroatoms. The fraction of sp³-hybridized carbons (Fsp3) is 0.133. The van der Waals surface area contributed by atoms with Crippen molar-refractivity contribution in [2.24, 2.45) is 0 Å². The smallest absolute Gasteiger partial charge is 0.261 e. The van der Waals surface area contributed by atoms with Gasteiger partial charge in [0.15, 0.2) is 0 Å². The van der Waals surface area contributed by atoms with Crippen LogP contribution in [0.5, 0.6) is 0 Å². The van der Waals surface area contributed by atoms with E-state index in [4.69, 9.17) is 0 Å². The second-order valence-corrected chi connectivity index (χ2v) is 4.49. The minimum Gasteiger partial charge on any atom is -0.270 e. The number of aromatic nitrogens is 1. The lowest BCUT2D eigenvalue weighted by Crippen LogP contribution is -2.29. The Hall–Kier alpha value is -2.49. The van der Waals surface area contributed by atoms with E-state index >= 15 is 0 Å². The zero-order valence-corrected chi connectivity index (χ0v) is 10.5. The number of nitrogens with zero attached hydrogens (tertiary/aromatic N) is 2. The number of imide groups is 1. The van der Waals surface area contributed by atoms with E-state index in [0.717, 1.165) is 11.3 Å². The zero-order chi connectivity index (χ0) is 13.4. The van der Waals surface area contributed by atoms with Crippen LogP contribution in [0.25, 0.3) is 0 Å². The Labute approximate surface area is 110 Å². The number of hydrogen-bond donors (Lipinski definition) is 0. The van der Waals surface area contributed by atoms with Gasteiger partial charge in [-0.2, -0.15) is 0 Å². The molecule has 0 aliphatic carbocycles. The molecule has 4 nitrogen and oxygen atoms in total. The van der Waals surface area contributed by atoms with Gasteiger partial charge in [-0.25, -0.2) is 0 Å². The Bertz CT molecular complexity index is 644. The van der Waals surface area contributed by atoms with Crippen LogP contribution in [0.2, 0.25) is 0 Å². The van der Waals surface area contributed by atoms with E-state index < -0.39 is 0 Å². The van der Waals surface area contributed by atoms with Gasteiger partial charge in [0, 0.05) is 11.9 Å². The third kappa shape index (κ3) is 1.81. The van der Waals surface area contributed by atoms with Gasteiger partial charge < -0.3 is 0 Å². The Morgan fingerprint density at radius 1 is 1.00 bits per heavy atom. The van der Waals surface area contributed by atoms with Crippen molar-refractivity contribution >= 4 is 11.8 Å². The van der Waals surface area contributed by atoms with E-state index in [-0.39, 0.29) is 18.4 Å². The minimum atomic E-state index is -0.233. The van der Waals surface area contributed by atoms with Crippen LogP contribution in [-0.2, 0) is 6.54 Å². The lowest BCUT2D eigenvalue weighted by molar-refractivity contribution is 0.0642. The number of amides is 2. The highest BCUT2D eigenvalue weighted by molar-refractivity contribution is 6.21. The van der Waals surface area contributed by atoms with E-state index in [1.807, 2.05) is 13.0 Å². The number of carbonyl (C=O) groups is 2. The van der Waals surface area contributed by atoms with Crippen molar-refractivity contribution < 1.29 is 9.59 Å².